The number of hydrogen-bond acceptors (Lipinski definition) is 3. The summed E-state index contributed by atoms with van der Waals surface area (Å²) < 4.78 is 8.37. The second kappa shape index (κ2) is 3.87. The third-order valence-electron chi connectivity index (χ3n) is 3.05. The molecule has 0 aliphatic carbocycles. The molecular formula is C13H13N3O2. The first-order chi connectivity index (χ1) is 8.66. The molecular weight excluding hydrogens is 230 g/mol. The van der Waals surface area contributed by atoms with Crippen molar-refractivity contribution in [2.45, 2.75) is 13.5 Å². The fraction of sp³-hybridized carbons (Fsp3) is 0.231. The summed E-state index contributed by atoms with van der Waals surface area (Å²) in [5.74, 6) is 0.748. The average molecular weight is 243 g/mol. The average Bonchev–Trinajstić information content (AvgIpc) is 2.88. The molecule has 0 saturated carbocycles. The summed E-state index contributed by atoms with van der Waals surface area (Å²) >= 11 is 0. The molecule has 0 unspecified atom stereocenters. The van der Waals surface area contributed by atoms with Crippen molar-refractivity contribution in [3.8, 4) is 0 Å². The molecule has 0 saturated heterocycles. The second-order valence-corrected chi connectivity index (χ2v) is 4.35. The SMILES string of the molecule is Cc1cc(Cn2c(=O)n(C)c3ccccc32)no1. The van der Waals surface area contributed by atoms with Gasteiger partial charge in [-0.25, -0.2) is 4.79 Å². The van der Waals surface area contributed by atoms with Gasteiger partial charge in [0.2, 0.25) is 0 Å². The van der Waals surface area contributed by atoms with Gasteiger partial charge in [-0.1, -0.05) is 17.3 Å². The molecule has 0 atom stereocenters. The van der Waals surface area contributed by atoms with Crippen molar-refractivity contribution in [2.75, 3.05) is 0 Å². The van der Waals surface area contributed by atoms with Gasteiger partial charge in [-0.15, -0.1) is 0 Å². The van der Waals surface area contributed by atoms with Crippen LogP contribution in [-0.2, 0) is 13.6 Å². The Morgan fingerprint density at radius 1 is 1.28 bits per heavy atom. The van der Waals surface area contributed by atoms with E-state index < -0.39 is 0 Å². The van der Waals surface area contributed by atoms with Gasteiger partial charge in [-0.05, 0) is 19.1 Å². The van der Waals surface area contributed by atoms with E-state index in [0.29, 0.717) is 6.54 Å². The first-order valence-corrected chi connectivity index (χ1v) is 5.73. The van der Waals surface area contributed by atoms with Crippen molar-refractivity contribution in [1.29, 1.82) is 0 Å². The Morgan fingerprint density at radius 2 is 2.00 bits per heavy atom. The Bertz CT molecular complexity index is 764. The fourth-order valence-electron chi connectivity index (χ4n) is 2.17. The van der Waals surface area contributed by atoms with Gasteiger partial charge >= 0.3 is 5.69 Å². The molecule has 5 heteroatoms. The molecule has 0 N–H and O–H groups in total. The number of aryl methyl sites for hydroxylation is 2. The van der Waals surface area contributed by atoms with Crippen LogP contribution in [0.4, 0.5) is 0 Å². The number of imidazole rings is 1. The zero-order valence-corrected chi connectivity index (χ0v) is 10.3. The predicted molar refractivity (Wildman–Crippen MR) is 67.5 cm³/mol. The Labute approximate surface area is 103 Å². The van der Waals surface area contributed by atoms with Crippen LogP contribution in [0.5, 0.6) is 0 Å². The fourth-order valence-corrected chi connectivity index (χ4v) is 2.17. The molecule has 18 heavy (non-hydrogen) atoms. The van der Waals surface area contributed by atoms with Crippen LogP contribution in [0, 0.1) is 6.92 Å². The maximum absolute atomic E-state index is 12.2. The molecule has 0 aliphatic rings. The van der Waals surface area contributed by atoms with Crippen molar-refractivity contribution >= 4 is 11.0 Å². The second-order valence-electron chi connectivity index (χ2n) is 4.35. The number of fused-ring (bicyclic) bond motifs is 1. The zero-order valence-electron chi connectivity index (χ0n) is 10.3. The van der Waals surface area contributed by atoms with E-state index in [4.69, 9.17) is 4.52 Å². The van der Waals surface area contributed by atoms with Gasteiger partial charge in [0.25, 0.3) is 0 Å². The number of hydrogen-bond donors (Lipinski definition) is 0. The molecule has 0 fully saturated rings. The highest BCUT2D eigenvalue weighted by atomic mass is 16.5. The number of aromatic nitrogens is 3. The van der Waals surface area contributed by atoms with Gasteiger partial charge in [-0.2, -0.15) is 0 Å². The van der Waals surface area contributed by atoms with E-state index in [-0.39, 0.29) is 5.69 Å². The lowest BCUT2D eigenvalue weighted by molar-refractivity contribution is 0.389. The molecule has 92 valence electrons. The van der Waals surface area contributed by atoms with Gasteiger partial charge in [0.1, 0.15) is 11.5 Å². The molecule has 3 aromatic rings. The Morgan fingerprint density at radius 3 is 2.67 bits per heavy atom. The molecule has 0 spiro atoms. The maximum atomic E-state index is 12.2. The van der Waals surface area contributed by atoms with E-state index in [1.54, 1.807) is 16.2 Å². The number of rotatable bonds is 2. The molecule has 0 bridgehead atoms. The third-order valence-corrected chi connectivity index (χ3v) is 3.05. The Kier molecular flexibility index (Phi) is 2.33. The molecule has 2 heterocycles. The van der Waals surface area contributed by atoms with Gasteiger partial charge in [0.15, 0.2) is 0 Å². The van der Waals surface area contributed by atoms with Crippen LogP contribution in [0.2, 0.25) is 0 Å². The lowest BCUT2D eigenvalue weighted by atomic mass is 10.3. The summed E-state index contributed by atoms with van der Waals surface area (Å²) in [6.45, 7) is 2.26. The summed E-state index contributed by atoms with van der Waals surface area (Å²) in [7, 11) is 1.77. The van der Waals surface area contributed by atoms with Crippen molar-refractivity contribution in [1.82, 2.24) is 14.3 Å². The Hall–Kier alpha value is -2.30. The quantitative estimate of drug-likeness (QED) is 0.688. The first kappa shape index (κ1) is 10.8. The predicted octanol–water partition coefficient (Wildman–Crippen LogP) is 1.68. The van der Waals surface area contributed by atoms with Crippen LogP contribution in [0.1, 0.15) is 11.5 Å². The van der Waals surface area contributed by atoms with Crippen LogP contribution in [0.3, 0.4) is 0 Å². The van der Waals surface area contributed by atoms with Crippen molar-refractivity contribution in [3.63, 3.8) is 0 Å². The van der Waals surface area contributed by atoms with Crippen LogP contribution < -0.4 is 5.69 Å². The smallest absolute Gasteiger partial charge is 0.329 e. The highest BCUT2D eigenvalue weighted by Crippen LogP contribution is 2.13. The Balaban J connectivity index is 2.17. The van der Waals surface area contributed by atoms with Crippen molar-refractivity contribution in [3.05, 3.63) is 52.3 Å². The van der Waals surface area contributed by atoms with Gasteiger partial charge in [-0.3, -0.25) is 9.13 Å². The topological polar surface area (TPSA) is 53.0 Å². The van der Waals surface area contributed by atoms with Crippen LogP contribution >= 0.6 is 0 Å². The maximum Gasteiger partial charge on any atom is 0.329 e. The summed E-state index contributed by atoms with van der Waals surface area (Å²) in [5, 5.41) is 3.92. The van der Waals surface area contributed by atoms with Gasteiger partial charge < -0.3 is 4.52 Å². The minimum atomic E-state index is -0.0446. The van der Waals surface area contributed by atoms with E-state index in [1.807, 2.05) is 37.3 Å². The molecule has 0 radical (unpaired) electrons. The number of benzene rings is 1. The lowest BCUT2D eigenvalue weighted by Gasteiger charge is -1.98. The van der Waals surface area contributed by atoms with E-state index in [1.165, 1.54) is 0 Å². The van der Waals surface area contributed by atoms with E-state index >= 15 is 0 Å². The van der Waals surface area contributed by atoms with Crippen LogP contribution in [0.25, 0.3) is 11.0 Å². The van der Waals surface area contributed by atoms with Gasteiger partial charge in [0, 0.05) is 13.1 Å². The standard InChI is InChI=1S/C13H13N3O2/c1-9-7-10(14-18-9)8-16-12-6-4-3-5-11(12)15(2)13(16)17/h3-7H,8H2,1-2H3. The monoisotopic (exact) mass is 243 g/mol. The summed E-state index contributed by atoms with van der Waals surface area (Å²) in [6, 6.07) is 9.55. The number of para-hydroxylation sites is 2. The summed E-state index contributed by atoms with van der Waals surface area (Å²) in [4.78, 5) is 12.2. The third kappa shape index (κ3) is 1.55. The van der Waals surface area contributed by atoms with E-state index in [9.17, 15) is 4.79 Å². The lowest BCUT2D eigenvalue weighted by Crippen LogP contribution is -2.22. The molecule has 0 aliphatic heterocycles. The summed E-state index contributed by atoms with van der Waals surface area (Å²) in [6.07, 6.45) is 0. The zero-order chi connectivity index (χ0) is 12.7. The minimum Gasteiger partial charge on any atom is -0.361 e. The first-order valence-electron chi connectivity index (χ1n) is 5.73. The van der Waals surface area contributed by atoms with Gasteiger partial charge in [0.05, 0.1) is 17.6 Å². The summed E-state index contributed by atoms with van der Waals surface area (Å²) in [5.41, 5.74) is 2.54. The highest BCUT2D eigenvalue weighted by Gasteiger charge is 2.11. The molecule has 5 nitrogen and oxygen atoms in total. The van der Waals surface area contributed by atoms with Crippen molar-refractivity contribution in [2.24, 2.45) is 7.05 Å². The van der Waals surface area contributed by atoms with E-state index in [0.717, 1.165) is 22.5 Å². The van der Waals surface area contributed by atoms with E-state index in [2.05, 4.69) is 5.16 Å². The molecule has 3 rings (SSSR count). The van der Waals surface area contributed by atoms with Crippen LogP contribution in [0.15, 0.2) is 39.6 Å². The molecule has 1 aromatic carbocycles. The van der Waals surface area contributed by atoms with Crippen LogP contribution in [-0.4, -0.2) is 14.3 Å². The van der Waals surface area contributed by atoms with Crippen molar-refractivity contribution < 1.29 is 4.52 Å². The highest BCUT2D eigenvalue weighted by molar-refractivity contribution is 5.75. The molecule has 0 amide bonds. The minimum absolute atomic E-state index is 0.0446. The largest absolute Gasteiger partial charge is 0.361 e. The normalized spacial score (nSPS) is 11.2. The number of nitrogens with zero attached hydrogens (tertiary/aromatic N) is 3. The molecule has 2 aromatic heterocycles.